The summed E-state index contributed by atoms with van der Waals surface area (Å²) < 4.78 is 0.932. The van der Waals surface area contributed by atoms with E-state index >= 15 is 0 Å². The van der Waals surface area contributed by atoms with Crippen molar-refractivity contribution in [3.8, 4) is 0 Å². The molecule has 2 aromatic rings. The monoisotopic (exact) mass is 357 g/mol. The molecule has 2 aromatic carbocycles. The first-order valence-corrected chi connectivity index (χ1v) is 7.43. The van der Waals surface area contributed by atoms with Crippen LogP contribution in [0.3, 0.4) is 0 Å². The van der Waals surface area contributed by atoms with Crippen LogP contribution in [-0.2, 0) is 13.1 Å². The summed E-state index contributed by atoms with van der Waals surface area (Å²) in [6.45, 7) is 11.8. The fraction of sp³-hybridized carbons (Fsp3) is 0.200. The van der Waals surface area contributed by atoms with E-state index in [1.54, 1.807) is 0 Å². The largest absolute Gasteiger partial charge is 1.00 e. The highest BCUT2D eigenvalue weighted by molar-refractivity contribution is 5.15. The van der Waals surface area contributed by atoms with Gasteiger partial charge >= 0.3 is 0 Å². The predicted octanol–water partition coefficient (Wildman–Crippen LogP) is 1.58. The molecular weight excluding hydrogens is 334 g/mol. The van der Waals surface area contributed by atoms with Gasteiger partial charge in [-0.05, 0) is 12.2 Å². The lowest BCUT2D eigenvalue weighted by atomic mass is 10.1. The van der Waals surface area contributed by atoms with Crippen molar-refractivity contribution in [1.29, 1.82) is 0 Å². The van der Waals surface area contributed by atoms with Gasteiger partial charge in [0.1, 0.15) is 13.1 Å². The molecule has 0 amide bonds. The van der Waals surface area contributed by atoms with Crippen molar-refractivity contribution < 1.29 is 21.5 Å². The zero-order chi connectivity index (χ0) is 15.0. The Bertz CT molecular complexity index is 509. The Morgan fingerprint density at radius 3 is 1.36 bits per heavy atom. The molecule has 0 aliphatic rings. The second-order valence-corrected chi connectivity index (χ2v) is 5.57. The molecule has 2 rings (SSSR count). The number of nitrogens with zero attached hydrogens (tertiary/aromatic N) is 1. The average Bonchev–Trinajstić information content (AvgIpc) is 2.50. The summed E-state index contributed by atoms with van der Waals surface area (Å²) in [4.78, 5) is 0. The van der Waals surface area contributed by atoms with Crippen molar-refractivity contribution in [2.45, 2.75) is 13.1 Å². The van der Waals surface area contributed by atoms with Crippen LogP contribution in [0.2, 0.25) is 0 Å². The molecule has 0 saturated carbocycles. The Kier molecular flexibility index (Phi) is 7.86. The Hall–Kier alpha value is -1.64. The van der Waals surface area contributed by atoms with Crippen molar-refractivity contribution >= 4 is 0 Å². The number of halogens is 1. The number of hydrogen-bond donors (Lipinski definition) is 0. The summed E-state index contributed by atoms with van der Waals surface area (Å²) in [5.74, 6) is 0. The average molecular weight is 358 g/mol. The van der Waals surface area contributed by atoms with Crippen LogP contribution in [-0.4, -0.2) is 17.6 Å². The van der Waals surface area contributed by atoms with Crippen LogP contribution in [0, 0.1) is 0 Å². The highest BCUT2D eigenvalue weighted by Gasteiger charge is 2.25. The quantitative estimate of drug-likeness (QED) is 0.497. The number of quaternary nitrogens is 1. The maximum absolute atomic E-state index is 3.96. The molecule has 0 aromatic heterocycles. The third-order valence-electron chi connectivity index (χ3n) is 3.75. The Labute approximate surface area is 145 Å². The summed E-state index contributed by atoms with van der Waals surface area (Å²) >= 11 is 0. The van der Waals surface area contributed by atoms with E-state index in [9.17, 15) is 0 Å². The van der Waals surface area contributed by atoms with E-state index in [1.165, 1.54) is 11.1 Å². The van der Waals surface area contributed by atoms with Gasteiger partial charge in [0.2, 0.25) is 0 Å². The fourth-order valence-electron chi connectivity index (χ4n) is 2.88. The van der Waals surface area contributed by atoms with Crippen molar-refractivity contribution in [1.82, 2.24) is 0 Å². The summed E-state index contributed by atoms with van der Waals surface area (Å²) in [6, 6.07) is 21.3. The number of benzene rings is 2. The van der Waals surface area contributed by atoms with Gasteiger partial charge in [0.25, 0.3) is 0 Å². The molecular formula is C20H24BrN. The molecule has 0 atom stereocenters. The highest BCUT2D eigenvalue weighted by Crippen LogP contribution is 2.20. The zero-order valence-electron chi connectivity index (χ0n) is 13.0. The Morgan fingerprint density at radius 2 is 1.05 bits per heavy atom. The lowest BCUT2D eigenvalue weighted by Crippen LogP contribution is -3.00. The fourth-order valence-corrected chi connectivity index (χ4v) is 2.88. The van der Waals surface area contributed by atoms with Crippen LogP contribution in [0.4, 0.5) is 0 Å². The molecule has 2 heteroatoms. The molecule has 22 heavy (non-hydrogen) atoms. The summed E-state index contributed by atoms with van der Waals surface area (Å²) in [5, 5.41) is 0. The maximum Gasteiger partial charge on any atom is 0.105 e. The van der Waals surface area contributed by atoms with Gasteiger partial charge in [-0.15, -0.1) is 0 Å². The van der Waals surface area contributed by atoms with Gasteiger partial charge in [0.15, 0.2) is 0 Å². The van der Waals surface area contributed by atoms with E-state index in [-0.39, 0.29) is 17.0 Å². The lowest BCUT2D eigenvalue weighted by molar-refractivity contribution is -0.943. The Balaban J connectivity index is 0.00000242. The van der Waals surface area contributed by atoms with Gasteiger partial charge < -0.3 is 21.5 Å². The molecule has 0 heterocycles. The van der Waals surface area contributed by atoms with Crippen LogP contribution in [0.15, 0.2) is 86.0 Å². The molecule has 0 radical (unpaired) electrons. The number of hydrogen-bond acceptors (Lipinski definition) is 0. The first-order valence-electron chi connectivity index (χ1n) is 7.43. The van der Waals surface area contributed by atoms with Crippen molar-refractivity contribution in [2.75, 3.05) is 13.1 Å². The molecule has 116 valence electrons. The minimum Gasteiger partial charge on any atom is -1.00 e. The SMILES string of the molecule is C=CC[N+](CC=C)(Cc1ccccc1)Cc1ccccc1.[Br-]. The third kappa shape index (κ3) is 5.28. The van der Waals surface area contributed by atoms with Gasteiger partial charge in [-0.3, -0.25) is 0 Å². The third-order valence-corrected chi connectivity index (χ3v) is 3.75. The molecule has 0 spiro atoms. The topological polar surface area (TPSA) is 0 Å². The van der Waals surface area contributed by atoms with Crippen molar-refractivity contribution in [3.05, 3.63) is 97.1 Å². The minimum atomic E-state index is 0. The van der Waals surface area contributed by atoms with Gasteiger partial charge in [-0.1, -0.05) is 73.8 Å². The molecule has 0 aliphatic heterocycles. The first kappa shape index (κ1) is 18.4. The molecule has 0 bridgehead atoms. The van der Waals surface area contributed by atoms with Gasteiger partial charge in [-0.2, -0.15) is 0 Å². The lowest BCUT2D eigenvalue weighted by Gasteiger charge is -2.37. The summed E-state index contributed by atoms with van der Waals surface area (Å²) in [7, 11) is 0. The van der Waals surface area contributed by atoms with E-state index in [4.69, 9.17) is 0 Å². The van der Waals surface area contributed by atoms with E-state index in [1.807, 2.05) is 12.2 Å². The van der Waals surface area contributed by atoms with Crippen LogP contribution in [0.25, 0.3) is 0 Å². The molecule has 1 nitrogen and oxygen atoms in total. The van der Waals surface area contributed by atoms with E-state index in [0.29, 0.717) is 0 Å². The molecule has 0 N–H and O–H groups in total. The molecule has 0 saturated heterocycles. The highest BCUT2D eigenvalue weighted by atomic mass is 79.9. The smallest absolute Gasteiger partial charge is 0.105 e. The first-order chi connectivity index (χ1) is 10.3. The van der Waals surface area contributed by atoms with E-state index < -0.39 is 0 Å². The minimum absolute atomic E-state index is 0. The summed E-state index contributed by atoms with van der Waals surface area (Å²) in [6.07, 6.45) is 4.05. The normalized spacial score (nSPS) is 10.5. The van der Waals surface area contributed by atoms with Gasteiger partial charge in [0.05, 0.1) is 13.1 Å². The van der Waals surface area contributed by atoms with E-state index in [0.717, 1.165) is 30.7 Å². The van der Waals surface area contributed by atoms with Crippen LogP contribution < -0.4 is 17.0 Å². The second-order valence-electron chi connectivity index (χ2n) is 5.57. The Morgan fingerprint density at radius 1 is 0.682 bits per heavy atom. The predicted molar refractivity (Wildman–Crippen MR) is 90.7 cm³/mol. The van der Waals surface area contributed by atoms with Crippen molar-refractivity contribution in [3.63, 3.8) is 0 Å². The number of rotatable bonds is 8. The standard InChI is InChI=1S/C20H24N.BrH/c1-3-15-21(16-4-2,17-19-11-7-5-8-12-19)18-20-13-9-6-10-14-20;/h3-14H,1-2,15-18H2;1H/q+1;/p-1. The summed E-state index contributed by atoms with van der Waals surface area (Å²) in [5.41, 5.74) is 2.72. The van der Waals surface area contributed by atoms with Crippen LogP contribution in [0.5, 0.6) is 0 Å². The van der Waals surface area contributed by atoms with Crippen LogP contribution in [0.1, 0.15) is 11.1 Å². The van der Waals surface area contributed by atoms with Gasteiger partial charge in [-0.25, -0.2) is 0 Å². The second kappa shape index (κ2) is 9.39. The molecule has 0 fully saturated rings. The van der Waals surface area contributed by atoms with E-state index in [2.05, 4.69) is 73.8 Å². The molecule has 0 unspecified atom stereocenters. The molecule has 0 aliphatic carbocycles. The maximum atomic E-state index is 3.96. The van der Waals surface area contributed by atoms with Crippen molar-refractivity contribution in [2.24, 2.45) is 0 Å². The van der Waals surface area contributed by atoms with Crippen LogP contribution >= 0.6 is 0 Å². The van der Waals surface area contributed by atoms with Gasteiger partial charge in [0, 0.05) is 11.1 Å². The zero-order valence-corrected chi connectivity index (χ0v) is 14.6.